The summed E-state index contributed by atoms with van der Waals surface area (Å²) in [5.41, 5.74) is 10.6. The van der Waals surface area contributed by atoms with Gasteiger partial charge in [-0.15, -0.1) is 0 Å². The first-order valence-corrected chi connectivity index (χ1v) is 13.3. The third-order valence-electron chi connectivity index (χ3n) is 7.91. The zero-order chi connectivity index (χ0) is 24.4. The Balaban J connectivity index is 1.73. The highest BCUT2D eigenvalue weighted by Crippen LogP contribution is 2.53. The standard InChI is InChI=1S/C35H25Br/c1-35(2)31-16-10-9-15-25(31)27-20-29-30(21-32(27)35)34(23-13-7-4-8-14-23)28-19-24(36)17-18-26(28)33(29)22-11-5-3-6-12-22/h3-21H,1-2H3. The Kier molecular flexibility index (Phi) is 4.75. The van der Waals surface area contributed by atoms with Crippen molar-refractivity contribution in [2.24, 2.45) is 0 Å². The molecule has 0 nitrogen and oxygen atoms in total. The molecule has 0 aliphatic heterocycles. The van der Waals surface area contributed by atoms with Crippen LogP contribution in [0.25, 0.3) is 54.9 Å². The third-order valence-corrected chi connectivity index (χ3v) is 8.40. The summed E-state index contributed by atoms with van der Waals surface area (Å²) in [6.45, 7) is 4.73. The van der Waals surface area contributed by atoms with Crippen LogP contribution in [-0.2, 0) is 5.41 Å². The number of benzene rings is 6. The lowest BCUT2D eigenvalue weighted by molar-refractivity contribution is 0.661. The Labute approximate surface area is 220 Å². The first-order valence-electron chi connectivity index (χ1n) is 12.5. The molecule has 0 fully saturated rings. The van der Waals surface area contributed by atoms with Gasteiger partial charge in [-0.05, 0) is 90.3 Å². The minimum absolute atomic E-state index is 0.0484. The molecule has 0 heterocycles. The van der Waals surface area contributed by atoms with Crippen molar-refractivity contribution in [3.63, 3.8) is 0 Å². The van der Waals surface area contributed by atoms with Gasteiger partial charge in [0.25, 0.3) is 0 Å². The van der Waals surface area contributed by atoms with Crippen molar-refractivity contribution in [2.75, 3.05) is 0 Å². The maximum absolute atomic E-state index is 3.77. The maximum Gasteiger partial charge on any atom is 0.0181 e. The van der Waals surface area contributed by atoms with E-state index in [-0.39, 0.29) is 5.41 Å². The number of fused-ring (bicyclic) bond motifs is 5. The fourth-order valence-electron chi connectivity index (χ4n) is 6.22. The second-order valence-electron chi connectivity index (χ2n) is 10.3. The molecule has 36 heavy (non-hydrogen) atoms. The van der Waals surface area contributed by atoms with Crippen molar-refractivity contribution in [3.8, 4) is 33.4 Å². The van der Waals surface area contributed by atoms with E-state index in [0.29, 0.717) is 0 Å². The molecule has 0 saturated carbocycles. The average Bonchev–Trinajstić information content (AvgIpc) is 3.13. The Morgan fingerprint density at radius 3 is 1.72 bits per heavy atom. The molecule has 1 aliphatic carbocycles. The van der Waals surface area contributed by atoms with Gasteiger partial charge in [0.2, 0.25) is 0 Å². The molecule has 0 aromatic heterocycles. The molecule has 172 valence electrons. The molecule has 1 aliphatic rings. The first-order chi connectivity index (χ1) is 17.5. The first kappa shape index (κ1) is 21.6. The van der Waals surface area contributed by atoms with Gasteiger partial charge in [0, 0.05) is 9.89 Å². The van der Waals surface area contributed by atoms with Crippen LogP contribution >= 0.6 is 15.9 Å². The van der Waals surface area contributed by atoms with Crippen LogP contribution in [0.4, 0.5) is 0 Å². The number of hydrogen-bond donors (Lipinski definition) is 0. The van der Waals surface area contributed by atoms with Crippen LogP contribution in [-0.4, -0.2) is 0 Å². The Hall–Kier alpha value is -3.68. The zero-order valence-electron chi connectivity index (χ0n) is 20.3. The molecular weight excluding hydrogens is 500 g/mol. The smallest absolute Gasteiger partial charge is 0.0181 e. The number of rotatable bonds is 2. The lowest BCUT2D eigenvalue weighted by Gasteiger charge is -2.24. The minimum Gasteiger partial charge on any atom is -0.0622 e. The molecular formula is C35H25Br. The van der Waals surface area contributed by atoms with Gasteiger partial charge >= 0.3 is 0 Å². The second kappa shape index (κ2) is 7.91. The largest absolute Gasteiger partial charge is 0.0622 e. The molecule has 6 aromatic rings. The quantitative estimate of drug-likeness (QED) is 0.197. The molecule has 0 unspecified atom stereocenters. The van der Waals surface area contributed by atoms with Crippen molar-refractivity contribution < 1.29 is 0 Å². The van der Waals surface area contributed by atoms with E-state index in [1.165, 1.54) is 66.1 Å². The highest BCUT2D eigenvalue weighted by atomic mass is 79.9. The monoisotopic (exact) mass is 524 g/mol. The summed E-state index contributed by atoms with van der Waals surface area (Å²) >= 11 is 3.77. The summed E-state index contributed by atoms with van der Waals surface area (Å²) in [6.07, 6.45) is 0. The van der Waals surface area contributed by atoms with Crippen LogP contribution < -0.4 is 0 Å². The summed E-state index contributed by atoms with van der Waals surface area (Å²) < 4.78 is 1.10. The summed E-state index contributed by atoms with van der Waals surface area (Å²) in [5.74, 6) is 0. The molecule has 6 aromatic carbocycles. The summed E-state index contributed by atoms with van der Waals surface area (Å²) in [4.78, 5) is 0. The van der Waals surface area contributed by atoms with Gasteiger partial charge in [-0.25, -0.2) is 0 Å². The zero-order valence-corrected chi connectivity index (χ0v) is 21.9. The van der Waals surface area contributed by atoms with Crippen molar-refractivity contribution in [1.82, 2.24) is 0 Å². The van der Waals surface area contributed by atoms with E-state index in [2.05, 4.69) is 145 Å². The predicted molar refractivity (Wildman–Crippen MR) is 158 cm³/mol. The van der Waals surface area contributed by atoms with Crippen LogP contribution in [0, 0.1) is 0 Å². The third kappa shape index (κ3) is 3.06. The molecule has 0 atom stereocenters. The second-order valence-corrected chi connectivity index (χ2v) is 11.2. The molecule has 0 bridgehead atoms. The minimum atomic E-state index is -0.0484. The molecule has 0 radical (unpaired) electrons. The van der Waals surface area contributed by atoms with Crippen LogP contribution in [0.1, 0.15) is 25.0 Å². The normalized spacial score (nSPS) is 13.6. The SMILES string of the molecule is CC1(C)c2ccccc2-c2cc3c(-c4ccccc4)c4ccc(Br)cc4c(-c4ccccc4)c3cc21. The van der Waals surface area contributed by atoms with Gasteiger partial charge < -0.3 is 0 Å². The average molecular weight is 525 g/mol. The van der Waals surface area contributed by atoms with Gasteiger partial charge in [-0.1, -0.05) is 121 Å². The van der Waals surface area contributed by atoms with E-state index in [1.807, 2.05) is 0 Å². The van der Waals surface area contributed by atoms with Gasteiger partial charge in [-0.2, -0.15) is 0 Å². The van der Waals surface area contributed by atoms with Gasteiger partial charge in [0.1, 0.15) is 0 Å². The van der Waals surface area contributed by atoms with Gasteiger partial charge in [-0.3, -0.25) is 0 Å². The number of halogens is 1. The predicted octanol–water partition coefficient (Wildman–Crippen LogP) is 10.4. The fourth-order valence-corrected chi connectivity index (χ4v) is 6.59. The Bertz CT molecular complexity index is 1790. The molecule has 0 saturated heterocycles. The van der Waals surface area contributed by atoms with Crippen LogP contribution in [0.2, 0.25) is 0 Å². The molecule has 0 amide bonds. The molecule has 1 heteroatoms. The highest BCUT2D eigenvalue weighted by Gasteiger charge is 2.36. The Morgan fingerprint density at radius 1 is 0.472 bits per heavy atom. The van der Waals surface area contributed by atoms with Crippen molar-refractivity contribution in [3.05, 3.63) is 131 Å². The van der Waals surface area contributed by atoms with Crippen molar-refractivity contribution in [1.29, 1.82) is 0 Å². The molecule has 0 N–H and O–H groups in total. The summed E-state index contributed by atoms with van der Waals surface area (Å²) in [7, 11) is 0. The van der Waals surface area contributed by atoms with E-state index in [0.717, 1.165) is 4.47 Å². The van der Waals surface area contributed by atoms with Gasteiger partial charge in [0.05, 0.1) is 0 Å². The van der Waals surface area contributed by atoms with Crippen LogP contribution in [0.5, 0.6) is 0 Å². The molecule has 7 rings (SSSR count). The maximum atomic E-state index is 3.77. The topological polar surface area (TPSA) is 0 Å². The van der Waals surface area contributed by atoms with Gasteiger partial charge in [0.15, 0.2) is 0 Å². The number of hydrogen-bond acceptors (Lipinski definition) is 0. The van der Waals surface area contributed by atoms with E-state index >= 15 is 0 Å². The van der Waals surface area contributed by atoms with E-state index in [1.54, 1.807) is 0 Å². The van der Waals surface area contributed by atoms with E-state index < -0.39 is 0 Å². The van der Waals surface area contributed by atoms with E-state index in [4.69, 9.17) is 0 Å². The fraction of sp³-hybridized carbons (Fsp3) is 0.0857. The summed E-state index contributed by atoms with van der Waals surface area (Å²) in [6, 6.07) is 42.3. The van der Waals surface area contributed by atoms with Crippen LogP contribution in [0.3, 0.4) is 0 Å². The Morgan fingerprint density at radius 2 is 1.03 bits per heavy atom. The van der Waals surface area contributed by atoms with Crippen LogP contribution in [0.15, 0.2) is 120 Å². The lowest BCUT2D eigenvalue weighted by atomic mass is 9.79. The highest BCUT2D eigenvalue weighted by molar-refractivity contribution is 9.10. The lowest BCUT2D eigenvalue weighted by Crippen LogP contribution is -2.14. The van der Waals surface area contributed by atoms with E-state index in [9.17, 15) is 0 Å². The van der Waals surface area contributed by atoms with Crippen molar-refractivity contribution in [2.45, 2.75) is 19.3 Å². The van der Waals surface area contributed by atoms with Crippen molar-refractivity contribution >= 4 is 37.5 Å². The summed E-state index contributed by atoms with van der Waals surface area (Å²) in [5, 5.41) is 5.17. The molecule has 0 spiro atoms.